The van der Waals surface area contributed by atoms with E-state index >= 15 is 0 Å². The molecule has 4 heteroatoms. The van der Waals surface area contributed by atoms with Gasteiger partial charge in [-0.05, 0) is 0 Å². The normalized spacial score (nSPS) is 11.5. The fourth-order valence-electron chi connectivity index (χ4n) is 0.199. The Morgan fingerprint density at radius 3 is 2.50 bits per heavy atom. The van der Waals surface area contributed by atoms with Gasteiger partial charge in [0.1, 0.15) is 0 Å². The second kappa shape index (κ2) is 3.51. The van der Waals surface area contributed by atoms with E-state index < -0.39 is 5.97 Å². The molecule has 0 heterocycles. The number of thiol groups is 1. The van der Waals surface area contributed by atoms with Crippen molar-refractivity contribution in [3.63, 3.8) is 0 Å². The Morgan fingerprint density at radius 1 is 1.88 bits per heavy atom. The Labute approximate surface area is 52.6 Å². The Bertz CT molecular complexity index is 121. The molecular weight excluding hydrogens is 126 g/mol. The molecule has 3 N–H and O–H groups in total. The van der Waals surface area contributed by atoms with E-state index in [2.05, 4.69) is 12.6 Å². The van der Waals surface area contributed by atoms with Crippen LogP contribution in [0, 0.1) is 0 Å². The van der Waals surface area contributed by atoms with E-state index in [-0.39, 0.29) is 11.4 Å². The summed E-state index contributed by atoms with van der Waals surface area (Å²) in [4.78, 5) is 9.88. The number of hydrogen-bond donors (Lipinski definition) is 3. The van der Waals surface area contributed by atoms with Crippen molar-refractivity contribution in [1.82, 2.24) is 0 Å². The van der Waals surface area contributed by atoms with Gasteiger partial charge in [-0.2, -0.15) is 0 Å². The monoisotopic (exact) mass is 133 g/mol. The highest BCUT2D eigenvalue weighted by Crippen LogP contribution is 1.96. The third-order valence-corrected chi connectivity index (χ3v) is 0.904. The molecule has 46 valence electrons. The molecule has 0 aromatic heterocycles. The summed E-state index contributed by atoms with van der Waals surface area (Å²) >= 11 is 3.59. The maximum Gasteiger partial charge on any atom is 0.341 e. The van der Waals surface area contributed by atoms with Crippen molar-refractivity contribution in [2.45, 2.75) is 0 Å². The Balaban J connectivity index is 3.80. The van der Waals surface area contributed by atoms with Gasteiger partial charge in [0.15, 0.2) is 0 Å². The number of carbonyl (C=O) groups is 1. The van der Waals surface area contributed by atoms with Gasteiger partial charge in [0.05, 0.1) is 4.91 Å². The van der Waals surface area contributed by atoms with Crippen LogP contribution in [0.15, 0.2) is 11.0 Å². The van der Waals surface area contributed by atoms with Crippen molar-refractivity contribution < 1.29 is 9.90 Å². The van der Waals surface area contributed by atoms with Gasteiger partial charge in [-0.3, -0.25) is 0 Å². The van der Waals surface area contributed by atoms with Gasteiger partial charge < -0.3 is 10.8 Å². The van der Waals surface area contributed by atoms with Crippen LogP contribution in [0.4, 0.5) is 0 Å². The van der Waals surface area contributed by atoms with Gasteiger partial charge in [-0.1, -0.05) is 6.08 Å². The zero-order valence-electron chi connectivity index (χ0n) is 4.16. The van der Waals surface area contributed by atoms with E-state index in [4.69, 9.17) is 10.8 Å². The molecule has 0 spiro atoms. The summed E-state index contributed by atoms with van der Waals surface area (Å²) in [6.45, 7) is 0.213. The van der Waals surface area contributed by atoms with Crippen LogP contribution in [0.2, 0.25) is 0 Å². The summed E-state index contributed by atoms with van der Waals surface area (Å²) in [7, 11) is 0. The van der Waals surface area contributed by atoms with Crippen LogP contribution in [0.3, 0.4) is 0 Å². The Kier molecular flexibility index (Phi) is 3.30. The second-order valence-electron chi connectivity index (χ2n) is 1.13. The van der Waals surface area contributed by atoms with Gasteiger partial charge in [-0.15, -0.1) is 12.6 Å². The summed E-state index contributed by atoms with van der Waals surface area (Å²) in [6.07, 6.45) is 1.32. The predicted molar refractivity (Wildman–Crippen MR) is 33.8 cm³/mol. The fourth-order valence-corrected chi connectivity index (χ4v) is 0.304. The number of rotatable bonds is 2. The molecule has 0 aromatic rings. The summed E-state index contributed by atoms with van der Waals surface area (Å²) in [6, 6.07) is 0. The van der Waals surface area contributed by atoms with Crippen LogP contribution in [-0.4, -0.2) is 17.6 Å². The summed E-state index contributed by atoms with van der Waals surface area (Å²) in [5.74, 6) is -1.04. The van der Waals surface area contributed by atoms with E-state index in [1.54, 1.807) is 0 Å². The molecule has 8 heavy (non-hydrogen) atoms. The second-order valence-corrected chi connectivity index (χ2v) is 1.61. The third-order valence-electron chi connectivity index (χ3n) is 0.530. The molecule has 0 unspecified atom stereocenters. The molecule has 0 aromatic carbocycles. The zero-order chi connectivity index (χ0) is 6.57. The highest BCUT2D eigenvalue weighted by molar-refractivity contribution is 7.85. The molecule has 0 fully saturated rings. The Hall–Kier alpha value is -0.480. The van der Waals surface area contributed by atoms with Gasteiger partial charge in [-0.25, -0.2) is 4.79 Å². The van der Waals surface area contributed by atoms with Gasteiger partial charge in [0, 0.05) is 6.54 Å². The van der Waals surface area contributed by atoms with E-state index in [0.717, 1.165) is 0 Å². The molecule has 0 bridgehead atoms. The van der Waals surface area contributed by atoms with Crippen LogP contribution < -0.4 is 5.73 Å². The van der Waals surface area contributed by atoms with Crippen LogP contribution in [0.5, 0.6) is 0 Å². The van der Waals surface area contributed by atoms with Crippen LogP contribution >= 0.6 is 12.6 Å². The maximum absolute atomic E-state index is 9.89. The third kappa shape index (κ3) is 2.65. The van der Waals surface area contributed by atoms with Crippen molar-refractivity contribution in [1.29, 1.82) is 0 Å². The first-order valence-corrected chi connectivity index (χ1v) is 2.45. The minimum absolute atomic E-state index is 0.00694. The average Bonchev–Trinajstić information content (AvgIpc) is 1.67. The quantitative estimate of drug-likeness (QED) is 0.362. The van der Waals surface area contributed by atoms with E-state index in [0.29, 0.717) is 0 Å². The smallest absolute Gasteiger partial charge is 0.341 e. The summed E-state index contributed by atoms with van der Waals surface area (Å²) in [5, 5.41) is 8.11. The van der Waals surface area contributed by atoms with Crippen molar-refractivity contribution in [2.24, 2.45) is 5.73 Å². The van der Waals surface area contributed by atoms with Crippen molar-refractivity contribution in [3.05, 3.63) is 11.0 Å². The maximum atomic E-state index is 9.89. The standard InChI is InChI=1S/C4H7NO2S/c5-2-1-3(8)4(6)7/h1,8H,2,5H2,(H,6,7)/b3-1+. The lowest BCUT2D eigenvalue weighted by molar-refractivity contribution is -0.131. The average molecular weight is 133 g/mol. The molecule has 0 saturated heterocycles. The molecule has 0 rings (SSSR count). The SMILES string of the molecule is NC/C=C(/S)C(=O)O. The topological polar surface area (TPSA) is 63.3 Å². The fraction of sp³-hybridized carbons (Fsp3) is 0.250. The van der Waals surface area contributed by atoms with Gasteiger partial charge >= 0.3 is 5.97 Å². The minimum Gasteiger partial charge on any atom is -0.477 e. The minimum atomic E-state index is -1.04. The van der Waals surface area contributed by atoms with Crippen LogP contribution in [0.25, 0.3) is 0 Å². The molecule has 0 amide bonds. The summed E-state index contributed by atoms with van der Waals surface area (Å²) in [5.41, 5.74) is 4.98. The predicted octanol–water partition coefficient (Wildman–Crippen LogP) is -0.157. The van der Waals surface area contributed by atoms with Crippen molar-refractivity contribution in [3.8, 4) is 0 Å². The molecule has 0 aliphatic carbocycles. The zero-order valence-corrected chi connectivity index (χ0v) is 5.06. The van der Waals surface area contributed by atoms with Crippen LogP contribution in [-0.2, 0) is 4.79 Å². The molecule has 0 radical (unpaired) electrons. The molecule has 0 atom stereocenters. The number of aliphatic carboxylic acids is 1. The first-order valence-electron chi connectivity index (χ1n) is 2.01. The van der Waals surface area contributed by atoms with E-state index in [9.17, 15) is 4.79 Å². The number of carboxylic acids is 1. The molecule has 0 aliphatic heterocycles. The number of nitrogens with two attached hydrogens (primary N) is 1. The lowest BCUT2D eigenvalue weighted by Crippen LogP contribution is -1.99. The lowest BCUT2D eigenvalue weighted by atomic mass is 10.5. The molecular formula is C4H7NO2S. The van der Waals surface area contributed by atoms with Gasteiger partial charge in [0.25, 0.3) is 0 Å². The number of hydrogen-bond acceptors (Lipinski definition) is 3. The van der Waals surface area contributed by atoms with E-state index in [1.807, 2.05) is 0 Å². The first kappa shape index (κ1) is 7.52. The first-order chi connectivity index (χ1) is 3.68. The largest absolute Gasteiger partial charge is 0.477 e. The molecule has 3 nitrogen and oxygen atoms in total. The highest BCUT2D eigenvalue weighted by atomic mass is 32.1. The Morgan fingerprint density at radius 2 is 2.38 bits per heavy atom. The molecule has 0 aliphatic rings. The van der Waals surface area contributed by atoms with Crippen molar-refractivity contribution in [2.75, 3.05) is 6.54 Å². The van der Waals surface area contributed by atoms with Crippen LogP contribution in [0.1, 0.15) is 0 Å². The van der Waals surface area contributed by atoms with Gasteiger partial charge in [0.2, 0.25) is 0 Å². The van der Waals surface area contributed by atoms with Crippen molar-refractivity contribution >= 4 is 18.6 Å². The summed E-state index contributed by atoms with van der Waals surface area (Å²) < 4.78 is 0. The number of carboxylic acid groups (broad SMARTS) is 1. The molecule has 0 saturated carbocycles. The lowest BCUT2D eigenvalue weighted by Gasteiger charge is -1.86. The highest BCUT2D eigenvalue weighted by Gasteiger charge is 1.96. The van der Waals surface area contributed by atoms with E-state index in [1.165, 1.54) is 6.08 Å².